The smallest absolute Gasteiger partial charge is 0.215 e. The summed E-state index contributed by atoms with van der Waals surface area (Å²) in [7, 11) is -3.47. The molecule has 1 aliphatic rings. The number of hydrogen-bond acceptors (Lipinski definition) is 3. The van der Waals surface area contributed by atoms with Gasteiger partial charge >= 0.3 is 0 Å². The molecule has 1 saturated heterocycles. The second-order valence-electron chi connectivity index (χ2n) is 5.88. The van der Waals surface area contributed by atoms with E-state index in [0.29, 0.717) is 23.6 Å². The summed E-state index contributed by atoms with van der Waals surface area (Å²) in [5.41, 5.74) is 0.351. The molecule has 0 aliphatic carbocycles. The Bertz CT molecular complexity index is 601. The van der Waals surface area contributed by atoms with E-state index in [2.05, 4.69) is 4.72 Å². The first-order valence-electron chi connectivity index (χ1n) is 7.33. The largest absolute Gasteiger partial charge is 0.381 e. The van der Waals surface area contributed by atoms with Crippen LogP contribution in [0.3, 0.4) is 0 Å². The van der Waals surface area contributed by atoms with Crippen LogP contribution < -0.4 is 4.72 Å². The van der Waals surface area contributed by atoms with Crippen LogP contribution in [0.5, 0.6) is 0 Å². The molecule has 0 saturated carbocycles. The first-order valence-corrected chi connectivity index (χ1v) is 9.25. The minimum Gasteiger partial charge on any atom is -0.381 e. The standard InChI is InChI=1S/C15H21ClFNO3S/c1-10(2)18-22(19,20)15-6-7-21-9-11(15)8-12-13(16)4-3-5-14(12)17/h3-5,10-11,15,18H,6-9H2,1-2H3/t11-,15-/m0/s1. The van der Waals surface area contributed by atoms with Crippen molar-refractivity contribution in [2.24, 2.45) is 5.92 Å². The Balaban J connectivity index is 2.24. The van der Waals surface area contributed by atoms with E-state index in [9.17, 15) is 12.8 Å². The van der Waals surface area contributed by atoms with Crippen molar-refractivity contribution in [1.82, 2.24) is 4.72 Å². The van der Waals surface area contributed by atoms with E-state index < -0.39 is 21.1 Å². The van der Waals surface area contributed by atoms with E-state index in [4.69, 9.17) is 16.3 Å². The van der Waals surface area contributed by atoms with E-state index in [1.165, 1.54) is 12.1 Å². The lowest BCUT2D eigenvalue weighted by Gasteiger charge is -2.32. The van der Waals surface area contributed by atoms with Gasteiger partial charge in [0.05, 0.1) is 11.9 Å². The van der Waals surface area contributed by atoms with Crippen LogP contribution in [0.15, 0.2) is 18.2 Å². The van der Waals surface area contributed by atoms with E-state index >= 15 is 0 Å². The van der Waals surface area contributed by atoms with Crippen LogP contribution in [-0.2, 0) is 21.2 Å². The van der Waals surface area contributed by atoms with Crippen LogP contribution in [0.1, 0.15) is 25.8 Å². The maximum atomic E-state index is 13.9. The van der Waals surface area contributed by atoms with Crippen LogP contribution in [0.25, 0.3) is 0 Å². The molecule has 0 spiro atoms. The van der Waals surface area contributed by atoms with Crippen molar-refractivity contribution in [3.63, 3.8) is 0 Å². The molecule has 7 heteroatoms. The molecule has 4 nitrogen and oxygen atoms in total. The van der Waals surface area contributed by atoms with Gasteiger partial charge < -0.3 is 4.74 Å². The number of halogens is 2. The zero-order valence-electron chi connectivity index (χ0n) is 12.7. The summed E-state index contributed by atoms with van der Waals surface area (Å²) in [4.78, 5) is 0. The van der Waals surface area contributed by atoms with Crippen LogP contribution in [-0.4, -0.2) is 32.9 Å². The number of ether oxygens (including phenoxy) is 1. The van der Waals surface area contributed by atoms with Crippen LogP contribution in [0, 0.1) is 11.7 Å². The molecule has 2 atom stereocenters. The fourth-order valence-corrected chi connectivity index (χ4v) is 4.94. The van der Waals surface area contributed by atoms with E-state index in [1.54, 1.807) is 19.9 Å². The van der Waals surface area contributed by atoms with Gasteiger partial charge in [-0.15, -0.1) is 0 Å². The fourth-order valence-electron chi connectivity index (χ4n) is 2.78. The SMILES string of the molecule is CC(C)NS(=O)(=O)[C@H]1CCOC[C@@H]1Cc1c(F)cccc1Cl. The van der Waals surface area contributed by atoms with Gasteiger partial charge in [-0.3, -0.25) is 0 Å². The highest BCUT2D eigenvalue weighted by Gasteiger charge is 2.37. The van der Waals surface area contributed by atoms with Crippen molar-refractivity contribution in [2.75, 3.05) is 13.2 Å². The molecule has 1 aliphatic heterocycles. The first-order chi connectivity index (χ1) is 10.3. The van der Waals surface area contributed by atoms with Gasteiger partial charge in [0, 0.05) is 29.2 Å². The Labute approximate surface area is 136 Å². The maximum absolute atomic E-state index is 13.9. The van der Waals surface area contributed by atoms with Crippen molar-refractivity contribution >= 4 is 21.6 Å². The predicted molar refractivity (Wildman–Crippen MR) is 85.0 cm³/mol. The normalized spacial score (nSPS) is 23.0. The van der Waals surface area contributed by atoms with Crippen LogP contribution in [0.2, 0.25) is 5.02 Å². The molecule has 0 aromatic heterocycles. The second kappa shape index (κ2) is 7.25. The van der Waals surface area contributed by atoms with Gasteiger partial charge in [-0.1, -0.05) is 17.7 Å². The number of benzene rings is 1. The third kappa shape index (κ3) is 4.19. The van der Waals surface area contributed by atoms with Crippen molar-refractivity contribution < 1.29 is 17.5 Å². The highest BCUT2D eigenvalue weighted by atomic mass is 35.5. The average Bonchev–Trinajstić information content (AvgIpc) is 2.42. The number of nitrogens with one attached hydrogen (secondary N) is 1. The lowest BCUT2D eigenvalue weighted by atomic mass is 9.93. The minimum absolute atomic E-state index is 0.175. The maximum Gasteiger partial charge on any atom is 0.215 e. The van der Waals surface area contributed by atoms with Crippen molar-refractivity contribution in [2.45, 2.75) is 38.0 Å². The summed E-state index contributed by atoms with van der Waals surface area (Å²) >= 11 is 6.05. The molecule has 2 rings (SSSR count). The van der Waals surface area contributed by atoms with Gasteiger partial charge in [0.2, 0.25) is 10.0 Å². The van der Waals surface area contributed by atoms with E-state index in [1.807, 2.05) is 0 Å². The molecule has 1 aromatic rings. The lowest BCUT2D eigenvalue weighted by Crippen LogP contribution is -2.46. The first kappa shape index (κ1) is 17.7. The molecule has 1 N–H and O–H groups in total. The van der Waals surface area contributed by atoms with Crippen LogP contribution >= 0.6 is 11.6 Å². The second-order valence-corrected chi connectivity index (χ2v) is 8.22. The summed E-state index contributed by atoms with van der Waals surface area (Å²) < 4.78 is 46.9. The highest BCUT2D eigenvalue weighted by Crippen LogP contribution is 2.29. The number of hydrogen-bond donors (Lipinski definition) is 1. The molecular formula is C15H21ClFNO3S. The Kier molecular flexibility index (Phi) is 5.82. The van der Waals surface area contributed by atoms with Gasteiger partial charge in [-0.25, -0.2) is 17.5 Å². The molecule has 0 unspecified atom stereocenters. The van der Waals surface area contributed by atoms with Gasteiger partial charge in [0.25, 0.3) is 0 Å². The summed E-state index contributed by atoms with van der Waals surface area (Å²) in [6.45, 7) is 4.23. The predicted octanol–water partition coefficient (Wildman–Crippen LogP) is 2.75. The van der Waals surface area contributed by atoms with Gasteiger partial charge in [0.1, 0.15) is 5.82 Å². The Hall–Kier alpha value is -0.690. The highest BCUT2D eigenvalue weighted by molar-refractivity contribution is 7.90. The van der Waals surface area contributed by atoms with Crippen LogP contribution in [0.4, 0.5) is 4.39 Å². The molecule has 22 heavy (non-hydrogen) atoms. The lowest BCUT2D eigenvalue weighted by molar-refractivity contribution is 0.0567. The zero-order chi connectivity index (χ0) is 16.3. The monoisotopic (exact) mass is 349 g/mol. The summed E-state index contributed by atoms with van der Waals surface area (Å²) in [6.07, 6.45) is 0.647. The molecule has 0 amide bonds. The topological polar surface area (TPSA) is 55.4 Å². The molecule has 1 heterocycles. The summed E-state index contributed by atoms with van der Waals surface area (Å²) in [6, 6.07) is 4.30. The van der Waals surface area contributed by atoms with E-state index in [-0.39, 0.29) is 25.0 Å². The molecule has 124 valence electrons. The van der Waals surface area contributed by atoms with Crippen molar-refractivity contribution in [3.05, 3.63) is 34.6 Å². The number of rotatable bonds is 5. The Morgan fingerprint density at radius 2 is 2.18 bits per heavy atom. The van der Waals surface area contributed by atoms with E-state index in [0.717, 1.165) is 0 Å². The fraction of sp³-hybridized carbons (Fsp3) is 0.600. The zero-order valence-corrected chi connectivity index (χ0v) is 14.3. The molecule has 1 aromatic carbocycles. The third-order valence-electron chi connectivity index (χ3n) is 3.73. The number of sulfonamides is 1. The summed E-state index contributed by atoms with van der Waals surface area (Å²) in [5, 5.41) is -0.280. The molecule has 1 fully saturated rings. The molecule has 0 radical (unpaired) electrons. The average molecular weight is 350 g/mol. The Morgan fingerprint density at radius 3 is 2.82 bits per heavy atom. The molecular weight excluding hydrogens is 329 g/mol. The van der Waals surface area contributed by atoms with Crippen molar-refractivity contribution in [3.8, 4) is 0 Å². The van der Waals surface area contributed by atoms with Gasteiger partial charge in [-0.05, 0) is 38.8 Å². The quantitative estimate of drug-likeness (QED) is 0.889. The summed E-state index contributed by atoms with van der Waals surface area (Å²) in [5.74, 6) is -0.731. The van der Waals surface area contributed by atoms with Crippen molar-refractivity contribution in [1.29, 1.82) is 0 Å². The molecule has 0 bridgehead atoms. The third-order valence-corrected chi connectivity index (χ3v) is 6.30. The van der Waals surface area contributed by atoms with Gasteiger partial charge in [0.15, 0.2) is 0 Å². The minimum atomic E-state index is -3.47. The van der Waals surface area contributed by atoms with Gasteiger partial charge in [-0.2, -0.15) is 0 Å². The Morgan fingerprint density at radius 1 is 1.45 bits per heavy atom.